The van der Waals surface area contributed by atoms with Gasteiger partial charge in [0.25, 0.3) is 0 Å². The van der Waals surface area contributed by atoms with E-state index in [1.807, 2.05) is 0 Å². The number of hydrogen-bond donors (Lipinski definition) is 6. The van der Waals surface area contributed by atoms with Crippen molar-refractivity contribution in [2.45, 2.75) is 71.5 Å². The number of halogens is 1. The van der Waals surface area contributed by atoms with Gasteiger partial charge in [-0.3, -0.25) is 4.79 Å². The normalized spacial score (nSPS) is 35.5. The third-order valence-electron chi connectivity index (χ3n) is 5.54. The molecular formula is C20H29FN2O6S2. The fourth-order valence-corrected chi connectivity index (χ4v) is 5.63. The Bertz CT molecular complexity index is 741. The average molecular weight is 477 g/mol. The van der Waals surface area contributed by atoms with Crippen LogP contribution in [-0.2, 0) is 9.53 Å². The summed E-state index contributed by atoms with van der Waals surface area (Å²) in [5.74, 6) is -0.658. The second-order valence-corrected chi connectivity index (χ2v) is 10.2. The molecule has 0 spiro atoms. The van der Waals surface area contributed by atoms with Crippen molar-refractivity contribution in [3.63, 3.8) is 0 Å². The third kappa shape index (κ3) is 5.91. The van der Waals surface area contributed by atoms with E-state index in [4.69, 9.17) is 4.74 Å². The van der Waals surface area contributed by atoms with Gasteiger partial charge >= 0.3 is 0 Å². The van der Waals surface area contributed by atoms with Crippen LogP contribution in [0.25, 0.3) is 0 Å². The smallest absolute Gasteiger partial charge is 0.237 e. The summed E-state index contributed by atoms with van der Waals surface area (Å²) in [6.45, 7) is 2.04. The van der Waals surface area contributed by atoms with Crippen molar-refractivity contribution in [1.82, 2.24) is 10.6 Å². The largest absolute Gasteiger partial charge is 0.391 e. The molecule has 0 saturated carbocycles. The standard InChI is InChI=1S/C20H29FN2O6S2/c1-9(24)14(18-16(26)15(25)17(27)20(29-18)30-2)23-19(28)13-7-12(8-22-13)31-11-5-3-10(21)4-6-11/h3-6,9,12-18,20,22,24-27H,7-8H2,1-2H3,(H,23,28). The molecule has 6 N–H and O–H groups in total. The highest BCUT2D eigenvalue weighted by molar-refractivity contribution is 8.00. The lowest BCUT2D eigenvalue weighted by Crippen LogP contribution is -2.65. The first-order valence-corrected chi connectivity index (χ1v) is 12.2. The number of benzene rings is 1. The summed E-state index contributed by atoms with van der Waals surface area (Å²) in [5, 5.41) is 46.8. The monoisotopic (exact) mass is 476 g/mol. The number of ether oxygens (including phenoxy) is 1. The minimum Gasteiger partial charge on any atom is -0.391 e. The first-order chi connectivity index (χ1) is 14.7. The Morgan fingerprint density at radius 3 is 2.52 bits per heavy atom. The van der Waals surface area contributed by atoms with E-state index in [-0.39, 0.29) is 17.0 Å². The van der Waals surface area contributed by atoms with Gasteiger partial charge in [-0.05, 0) is 43.9 Å². The molecule has 9 atom stereocenters. The van der Waals surface area contributed by atoms with E-state index >= 15 is 0 Å². The van der Waals surface area contributed by atoms with Gasteiger partial charge in [-0.25, -0.2) is 4.39 Å². The van der Waals surface area contributed by atoms with E-state index in [9.17, 15) is 29.6 Å². The van der Waals surface area contributed by atoms with Crippen LogP contribution in [0.1, 0.15) is 13.3 Å². The van der Waals surface area contributed by atoms with Crippen LogP contribution in [0.3, 0.4) is 0 Å². The zero-order chi connectivity index (χ0) is 22.7. The highest BCUT2D eigenvalue weighted by atomic mass is 32.2. The topological polar surface area (TPSA) is 131 Å². The van der Waals surface area contributed by atoms with Crippen LogP contribution in [0.4, 0.5) is 4.39 Å². The summed E-state index contributed by atoms with van der Waals surface area (Å²) in [6.07, 6.45) is -4.17. The van der Waals surface area contributed by atoms with Crippen LogP contribution < -0.4 is 10.6 Å². The molecule has 1 amide bonds. The van der Waals surface area contributed by atoms with Crippen LogP contribution in [0.5, 0.6) is 0 Å². The predicted octanol–water partition coefficient (Wildman–Crippen LogP) is -0.315. The molecule has 174 valence electrons. The lowest BCUT2D eigenvalue weighted by molar-refractivity contribution is -0.211. The SMILES string of the molecule is CSC1OC(C(NC(=O)C2CC(Sc3ccc(F)cc3)CN2)C(C)O)C(O)C(O)C1O. The lowest BCUT2D eigenvalue weighted by atomic mass is 9.92. The lowest BCUT2D eigenvalue weighted by Gasteiger charge is -2.44. The van der Waals surface area contributed by atoms with Crippen molar-refractivity contribution >= 4 is 29.4 Å². The van der Waals surface area contributed by atoms with E-state index in [1.54, 1.807) is 30.2 Å². The Hall–Kier alpha value is -0.920. The highest BCUT2D eigenvalue weighted by Crippen LogP contribution is 2.31. The molecule has 31 heavy (non-hydrogen) atoms. The Morgan fingerprint density at radius 2 is 1.90 bits per heavy atom. The molecule has 2 fully saturated rings. The molecule has 2 saturated heterocycles. The molecule has 0 aliphatic carbocycles. The average Bonchev–Trinajstić information content (AvgIpc) is 3.21. The number of amides is 1. The zero-order valence-corrected chi connectivity index (χ0v) is 18.9. The van der Waals surface area contributed by atoms with Gasteiger partial charge in [0.2, 0.25) is 5.91 Å². The Balaban J connectivity index is 1.61. The molecule has 2 heterocycles. The van der Waals surface area contributed by atoms with Gasteiger partial charge in [0.05, 0.1) is 18.2 Å². The zero-order valence-electron chi connectivity index (χ0n) is 17.2. The molecule has 3 rings (SSSR count). The van der Waals surface area contributed by atoms with E-state index in [2.05, 4.69) is 10.6 Å². The fourth-order valence-electron chi connectivity index (χ4n) is 3.81. The molecular weight excluding hydrogens is 447 g/mol. The molecule has 0 bridgehead atoms. The molecule has 8 nitrogen and oxygen atoms in total. The van der Waals surface area contributed by atoms with Gasteiger partial charge in [0.15, 0.2) is 0 Å². The molecule has 0 aromatic heterocycles. The minimum atomic E-state index is -1.48. The number of nitrogens with one attached hydrogen (secondary N) is 2. The van der Waals surface area contributed by atoms with Gasteiger partial charge in [0, 0.05) is 16.7 Å². The maximum atomic E-state index is 13.1. The van der Waals surface area contributed by atoms with Gasteiger partial charge in [-0.1, -0.05) is 0 Å². The summed E-state index contributed by atoms with van der Waals surface area (Å²) in [6, 6.07) is 4.69. The van der Waals surface area contributed by atoms with Crippen molar-refractivity contribution in [3.05, 3.63) is 30.1 Å². The van der Waals surface area contributed by atoms with E-state index < -0.39 is 48.0 Å². The Labute approximate surface area is 188 Å². The number of aliphatic hydroxyl groups excluding tert-OH is 4. The minimum absolute atomic E-state index is 0.112. The van der Waals surface area contributed by atoms with Crippen LogP contribution in [-0.4, -0.2) is 92.4 Å². The summed E-state index contributed by atoms with van der Waals surface area (Å²) in [5.41, 5.74) is -0.803. The third-order valence-corrected chi connectivity index (χ3v) is 7.64. The van der Waals surface area contributed by atoms with Gasteiger partial charge in [-0.15, -0.1) is 23.5 Å². The van der Waals surface area contributed by atoms with Crippen molar-refractivity contribution in [2.75, 3.05) is 12.8 Å². The first kappa shape index (κ1) is 24.7. The highest BCUT2D eigenvalue weighted by Gasteiger charge is 2.48. The molecule has 9 unspecified atom stereocenters. The second-order valence-electron chi connectivity index (χ2n) is 7.84. The van der Waals surface area contributed by atoms with Gasteiger partial charge in [-0.2, -0.15) is 0 Å². The Kier molecular flexibility index (Phi) is 8.61. The van der Waals surface area contributed by atoms with Crippen molar-refractivity contribution in [2.24, 2.45) is 0 Å². The van der Waals surface area contributed by atoms with Crippen LogP contribution >= 0.6 is 23.5 Å². The number of carbonyl (C=O) groups is 1. The van der Waals surface area contributed by atoms with Crippen molar-refractivity contribution in [1.29, 1.82) is 0 Å². The van der Waals surface area contributed by atoms with E-state index in [0.717, 1.165) is 16.7 Å². The van der Waals surface area contributed by atoms with E-state index in [1.165, 1.54) is 19.1 Å². The second kappa shape index (κ2) is 10.8. The quantitative estimate of drug-likeness (QED) is 0.314. The molecule has 1 aromatic rings. The number of rotatable bonds is 7. The van der Waals surface area contributed by atoms with Gasteiger partial charge in [0.1, 0.15) is 35.7 Å². The molecule has 1 aromatic carbocycles. The van der Waals surface area contributed by atoms with Gasteiger partial charge < -0.3 is 35.8 Å². The molecule has 2 aliphatic rings. The first-order valence-electron chi connectivity index (χ1n) is 10.1. The summed E-state index contributed by atoms with van der Waals surface area (Å²) >= 11 is 2.71. The van der Waals surface area contributed by atoms with Crippen LogP contribution in [0.15, 0.2) is 29.2 Å². The van der Waals surface area contributed by atoms with Crippen LogP contribution in [0.2, 0.25) is 0 Å². The fraction of sp³-hybridized carbons (Fsp3) is 0.650. The van der Waals surface area contributed by atoms with E-state index in [0.29, 0.717) is 13.0 Å². The van der Waals surface area contributed by atoms with Crippen molar-refractivity contribution < 1.29 is 34.3 Å². The number of aliphatic hydroxyl groups is 4. The van der Waals surface area contributed by atoms with Crippen LogP contribution in [0, 0.1) is 5.82 Å². The maximum Gasteiger partial charge on any atom is 0.237 e. The summed E-state index contributed by atoms with van der Waals surface area (Å²) in [7, 11) is 0. The van der Waals surface area contributed by atoms with Crippen molar-refractivity contribution in [3.8, 4) is 0 Å². The summed E-state index contributed by atoms with van der Waals surface area (Å²) in [4.78, 5) is 13.8. The molecule has 2 aliphatic heterocycles. The maximum absolute atomic E-state index is 13.1. The predicted molar refractivity (Wildman–Crippen MR) is 116 cm³/mol. The number of hydrogen-bond acceptors (Lipinski definition) is 9. The molecule has 0 radical (unpaired) electrons. The number of thioether (sulfide) groups is 2. The number of carbonyl (C=O) groups excluding carboxylic acids is 1. The Morgan fingerprint density at radius 1 is 1.23 bits per heavy atom. The summed E-state index contributed by atoms with van der Waals surface area (Å²) < 4.78 is 18.8. The molecule has 11 heteroatoms.